The third kappa shape index (κ3) is 4.70. The van der Waals surface area contributed by atoms with E-state index in [0.29, 0.717) is 12.5 Å². The van der Waals surface area contributed by atoms with E-state index in [0.717, 1.165) is 25.4 Å². The van der Waals surface area contributed by atoms with Crippen LogP contribution in [0.25, 0.3) is 0 Å². The molecule has 0 radical (unpaired) electrons. The van der Waals surface area contributed by atoms with Crippen LogP contribution in [0.1, 0.15) is 19.4 Å². The van der Waals surface area contributed by atoms with Gasteiger partial charge in [0.2, 0.25) is 0 Å². The van der Waals surface area contributed by atoms with Gasteiger partial charge >= 0.3 is 0 Å². The molecular weight excluding hydrogens is 250 g/mol. The lowest BCUT2D eigenvalue weighted by molar-refractivity contribution is 0.339. The van der Waals surface area contributed by atoms with Crippen molar-refractivity contribution in [2.75, 3.05) is 13.2 Å². The zero-order chi connectivity index (χ0) is 14.2. The molecule has 108 valence electrons. The zero-order valence-corrected chi connectivity index (χ0v) is 12.2. The molecule has 1 N–H and O–H groups in total. The highest BCUT2D eigenvalue weighted by atomic mass is 16.5. The van der Waals surface area contributed by atoms with Crippen molar-refractivity contribution < 1.29 is 4.74 Å². The maximum atomic E-state index is 5.51. The summed E-state index contributed by atoms with van der Waals surface area (Å²) in [7, 11) is 0. The van der Waals surface area contributed by atoms with Gasteiger partial charge in [-0.15, -0.1) is 0 Å². The van der Waals surface area contributed by atoms with Crippen LogP contribution in [0.5, 0.6) is 5.75 Å². The van der Waals surface area contributed by atoms with Gasteiger partial charge in [-0.3, -0.25) is 0 Å². The van der Waals surface area contributed by atoms with E-state index in [-0.39, 0.29) is 0 Å². The zero-order valence-electron chi connectivity index (χ0n) is 12.2. The number of rotatable bonds is 8. The van der Waals surface area contributed by atoms with Crippen molar-refractivity contribution in [2.24, 2.45) is 5.92 Å². The Morgan fingerprint density at radius 3 is 3.05 bits per heavy atom. The molecule has 0 aliphatic carbocycles. The van der Waals surface area contributed by atoms with Gasteiger partial charge in [-0.1, -0.05) is 19.1 Å². The van der Waals surface area contributed by atoms with Crippen molar-refractivity contribution in [3.63, 3.8) is 0 Å². The van der Waals surface area contributed by atoms with Crippen LogP contribution < -0.4 is 10.1 Å². The largest absolute Gasteiger partial charge is 0.494 e. The van der Waals surface area contributed by atoms with Gasteiger partial charge in [-0.05, 0) is 37.1 Å². The minimum Gasteiger partial charge on any atom is -0.494 e. The fraction of sp³-hybridized carbons (Fsp3) is 0.438. The van der Waals surface area contributed by atoms with E-state index in [9.17, 15) is 0 Å². The first kappa shape index (κ1) is 14.6. The quantitative estimate of drug-likeness (QED) is 0.804. The van der Waals surface area contributed by atoms with Gasteiger partial charge in [0, 0.05) is 25.5 Å². The number of hydrogen-bond donors (Lipinski definition) is 1. The Balaban J connectivity index is 1.73. The molecule has 0 amide bonds. The highest BCUT2D eigenvalue weighted by Crippen LogP contribution is 2.13. The molecule has 0 aliphatic rings. The van der Waals surface area contributed by atoms with Gasteiger partial charge in [-0.2, -0.15) is 0 Å². The normalized spacial score (nSPS) is 12.3. The summed E-state index contributed by atoms with van der Waals surface area (Å²) in [5, 5.41) is 3.49. The molecule has 4 heteroatoms. The van der Waals surface area contributed by atoms with Gasteiger partial charge in [0.25, 0.3) is 0 Å². The molecule has 0 fully saturated rings. The van der Waals surface area contributed by atoms with Crippen molar-refractivity contribution >= 4 is 0 Å². The smallest absolute Gasteiger partial charge is 0.119 e. The third-order valence-corrected chi connectivity index (χ3v) is 3.11. The molecule has 1 aromatic carbocycles. The summed E-state index contributed by atoms with van der Waals surface area (Å²) in [6.07, 6.45) is 5.68. The van der Waals surface area contributed by atoms with E-state index in [4.69, 9.17) is 4.74 Å². The van der Waals surface area contributed by atoms with Gasteiger partial charge in [0.05, 0.1) is 12.9 Å². The van der Waals surface area contributed by atoms with Crippen LogP contribution in [0.15, 0.2) is 43.0 Å². The van der Waals surface area contributed by atoms with Crippen molar-refractivity contribution in [3.8, 4) is 5.75 Å². The van der Waals surface area contributed by atoms with Crippen LogP contribution in [-0.2, 0) is 13.1 Å². The van der Waals surface area contributed by atoms with Gasteiger partial charge < -0.3 is 14.6 Å². The second-order valence-corrected chi connectivity index (χ2v) is 5.08. The first-order chi connectivity index (χ1) is 9.78. The minimum atomic E-state index is 0.569. The summed E-state index contributed by atoms with van der Waals surface area (Å²) in [6, 6.07) is 8.25. The van der Waals surface area contributed by atoms with Gasteiger partial charge in [0.1, 0.15) is 5.75 Å². The Hall–Kier alpha value is -1.81. The van der Waals surface area contributed by atoms with Crippen LogP contribution in [0.3, 0.4) is 0 Å². The van der Waals surface area contributed by atoms with E-state index < -0.39 is 0 Å². The van der Waals surface area contributed by atoms with E-state index in [1.807, 2.05) is 37.8 Å². The molecular formula is C16H23N3O. The number of nitrogens with one attached hydrogen (secondary N) is 1. The molecule has 0 spiro atoms. The minimum absolute atomic E-state index is 0.569. The molecule has 0 bridgehead atoms. The molecule has 20 heavy (non-hydrogen) atoms. The molecule has 0 aliphatic heterocycles. The average molecular weight is 273 g/mol. The maximum absolute atomic E-state index is 5.51. The maximum Gasteiger partial charge on any atom is 0.119 e. The lowest BCUT2D eigenvalue weighted by atomic mass is 10.1. The van der Waals surface area contributed by atoms with Crippen LogP contribution in [0.2, 0.25) is 0 Å². The molecule has 0 saturated carbocycles. The van der Waals surface area contributed by atoms with Crippen molar-refractivity contribution in [3.05, 3.63) is 48.5 Å². The molecule has 1 atom stereocenters. The summed E-state index contributed by atoms with van der Waals surface area (Å²) in [5.74, 6) is 1.51. The fourth-order valence-corrected chi connectivity index (χ4v) is 2.19. The summed E-state index contributed by atoms with van der Waals surface area (Å²) in [4.78, 5) is 4.06. The van der Waals surface area contributed by atoms with Gasteiger partial charge in [-0.25, -0.2) is 4.98 Å². The van der Waals surface area contributed by atoms with Crippen LogP contribution in [-0.4, -0.2) is 22.7 Å². The summed E-state index contributed by atoms with van der Waals surface area (Å²) < 4.78 is 7.62. The lowest BCUT2D eigenvalue weighted by Crippen LogP contribution is -2.23. The highest BCUT2D eigenvalue weighted by molar-refractivity contribution is 5.28. The Morgan fingerprint density at radius 1 is 1.40 bits per heavy atom. The predicted molar refractivity (Wildman–Crippen MR) is 80.7 cm³/mol. The number of imidazole rings is 1. The number of aromatic nitrogens is 2. The van der Waals surface area contributed by atoms with E-state index >= 15 is 0 Å². The topological polar surface area (TPSA) is 39.1 Å². The number of nitrogens with zero attached hydrogens (tertiary/aromatic N) is 2. The Labute approximate surface area is 120 Å². The van der Waals surface area contributed by atoms with Crippen molar-refractivity contribution in [2.45, 2.75) is 26.9 Å². The molecule has 1 heterocycles. The molecule has 4 nitrogen and oxygen atoms in total. The summed E-state index contributed by atoms with van der Waals surface area (Å²) in [6.45, 7) is 7.79. The summed E-state index contributed by atoms with van der Waals surface area (Å²) in [5.41, 5.74) is 1.26. The lowest BCUT2D eigenvalue weighted by Gasteiger charge is -2.13. The fourth-order valence-electron chi connectivity index (χ4n) is 2.19. The Bertz CT molecular complexity index is 496. The Kier molecular flexibility index (Phi) is 5.62. The highest BCUT2D eigenvalue weighted by Gasteiger charge is 2.03. The third-order valence-electron chi connectivity index (χ3n) is 3.11. The van der Waals surface area contributed by atoms with E-state index in [1.54, 1.807) is 0 Å². The first-order valence-electron chi connectivity index (χ1n) is 7.16. The molecule has 0 saturated heterocycles. The predicted octanol–water partition coefficient (Wildman–Crippen LogP) is 2.71. The van der Waals surface area contributed by atoms with Crippen molar-refractivity contribution in [1.82, 2.24) is 14.9 Å². The first-order valence-corrected chi connectivity index (χ1v) is 7.16. The second kappa shape index (κ2) is 7.70. The molecule has 2 aromatic rings. The standard InChI is InChI=1S/C16H23N3O/c1-3-20-16-6-4-5-15(9-16)11-18-10-14(2)12-19-8-7-17-13-19/h4-9,13-14,18H,3,10-12H2,1-2H3. The monoisotopic (exact) mass is 273 g/mol. The van der Waals surface area contributed by atoms with Crippen LogP contribution in [0.4, 0.5) is 0 Å². The second-order valence-electron chi connectivity index (χ2n) is 5.08. The summed E-state index contributed by atoms with van der Waals surface area (Å²) >= 11 is 0. The van der Waals surface area contributed by atoms with Crippen LogP contribution in [0, 0.1) is 5.92 Å². The molecule has 1 aromatic heterocycles. The van der Waals surface area contributed by atoms with Crippen LogP contribution >= 0.6 is 0 Å². The number of ether oxygens (including phenoxy) is 1. The number of benzene rings is 1. The molecule has 2 rings (SSSR count). The SMILES string of the molecule is CCOc1cccc(CNCC(C)Cn2ccnc2)c1. The van der Waals surface area contributed by atoms with Gasteiger partial charge in [0.15, 0.2) is 0 Å². The van der Waals surface area contributed by atoms with E-state index in [2.05, 4.69) is 33.9 Å². The number of hydrogen-bond acceptors (Lipinski definition) is 3. The van der Waals surface area contributed by atoms with E-state index in [1.165, 1.54) is 5.56 Å². The molecule has 1 unspecified atom stereocenters. The van der Waals surface area contributed by atoms with Crippen molar-refractivity contribution in [1.29, 1.82) is 0 Å². The average Bonchev–Trinajstić information content (AvgIpc) is 2.92. The Morgan fingerprint density at radius 2 is 2.30 bits per heavy atom.